The Labute approximate surface area is 157 Å². The van der Waals surface area contributed by atoms with Crippen LogP contribution >= 0.6 is 0 Å². The summed E-state index contributed by atoms with van der Waals surface area (Å²) in [5, 5.41) is 6.46. The van der Waals surface area contributed by atoms with E-state index in [2.05, 4.69) is 15.6 Å². The van der Waals surface area contributed by atoms with Gasteiger partial charge in [0.2, 0.25) is 5.91 Å². The second-order valence-corrected chi connectivity index (χ2v) is 6.68. The molecule has 2 rings (SSSR count). The van der Waals surface area contributed by atoms with Gasteiger partial charge in [-0.3, -0.25) is 4.79 Å². The Bertz CT molecular complexity index is 597. The lowest BCUT2D eigenvalue weighted by Crippen LogP contribution is -2.40. The molecule has 0 radical (unpaired) electrons. The first kappa shape index (κ1) is 20.1. The summed E-state index contributed by atoms with van der Waals surface area (Å²) < 4.78 is 5.96. The number of nitrogens with zero attached hydrogens (tertiary/aromatic N) is 2. The number of hydrogen-bond acceptors (Lipinski definition) is 3. The molecule has 1 unspecified atom stereocenters. The standard InChI is InChI=1S/C20H32N4O2/c1-4-21-20(22-12-11-19(25)24-13-7-8-14-24)23-15-17(3)26-18-10-6-5-9-16(18)2/h5-6,9-10,17H,4,7-8,11-15H2,1-3H3,(H2,21,22,23). The topological polar surface area (TPSA) is 66.0 Å². The van der Waals surface area contributed by atoms with E-state index in [0.717, 1.165) is 49.7 Å². The predicted octanol–water partition coefficient (Wildman–Crippen LogP) is 2.33. The van der Waals surface area contributed by atoms with Crippen LogP contribution in [-0.4, -0.2) is 55.6 Å². The average Bonchev–Trinajstić information content (AvgIpc) is 3.16. The Hall–Kier alpha value is -2.24. The van der Waals surface area contributed by atoms with Gasteiger partial charge in [-0.15, -0.1) is 0 Å². The van der Waals surface area contributed by atoms with Gasteiger partial charge in [-0.05, 0) is 45.2 Å². The summed E-state index contributed by atoms with van der Waals surface area (Å²) in [6.07, 6.45) is 2.72. The number of ether oxygens (including phenoxy) is 1. The molecule has 0 spiro atoms. The van der Waals surface area contributed by atoms with Gasteiger partial charge in [0.25, 0.3) is 0 Å². The zero-order chi connectivity index (χ0) is 18.8. The summed E-state index contributed by atoms with van der Waals surface area (Å²) in [7, 11) is 0. The highest BCUT2D eigenvalue weighted by Gasteiger charge is 2.17. The Morgan fingerprint density at radius 1 is 1.27 bits per heavy atom. The molecule has 144 valence electrons. The van der Waals surface area contributed by atoms with Crippen LogP contribution in [0.1, 0.15) is 38.7 Å². The Morgan fingerprint density at radius 3 is 2.69 bits per heavy atom. The van der Waals surface area contributed by atoms with Gasteiger partial charge in [0.1, 0.15) is 11.9 Å². The van der Waals surface area contributed by atoms with Crippen molar-refractivity contribution in [3.63, 3.8) is 0 Å². The van der Waals surface area contributed by atoms with Gasteiger partial charge in [0, 0.05) is 32.6 Å². The van der Waals surface area contributed by atoms with E-state index >= 15 is 0 Å². The molecule has 1 heterocycles. The largest absolute Gasteiger partial charge is 0.489 e. The second kappa shape index (κ2) is 10.7. The van der Waals surface area contributed by atoms with Gasteiger partial charge in [0.05, 0.1) is 6.54 Å². The molecule has 1 aliphatic heterocycles. The van der Waals surface area contributed by atoms with Crippen molar-refractivity contribution in [1.29, 1.82) is 0 Å². The number of amides is 1. The highest BCUT2D eigenvalue weighted by Crippen LogP contribution is 2.17. The highest BCUT2D eigenvalue weighted by molar-refractivity contribution is 5.81. The number of carbonyl (C=O) groups is 1. The number of benzene rings is 1. The molecular weight excluding hydrogens is 328 g/mol. The third kappa shape index (κ3) is 6.58. The lowest BCUT2D eigenvalue weighted by atomic mass is 10.2. The molecule has 6 heteroatoms. The molecular formula is C20H32N4O2. The van der Waals surface area contributed by atoms with Crippen LogP contribution in [0.5, 0.6) is 5.75 Å². The number of aliphatic imine (C=N–C) groups is 1. The van der Waals surface area contributed by atoms with Crippen LogP contribution in [0.4, 0.5) is 0 Å². The van der Waals surface area contributed by atoms with Crippen LogP contribution in [0, 0.1) is 6.92 Å². The van der Waals surface area contributed by atoms with Gasteiger partial charge in [0.15, 0.2) is 5.96 Å². The minimum absolute atomic E-state index is 0.0298. The smallest absolute Gasteiger partial charge is 0.224 e. The number of likely N-dealkylation sites (tertiary alicyclic amines) is 1. The van der Waals surface area contributed by atoms with Crippen molar-refractivity contribution < 1.29 is 9.53 Å². The number of para-hydroxylation sites is 1. The summed E-state index contributed by atoms with van der Waals surface area (Å²) in [5.74, 6) is 1.84. The third-order valence-corrected chi connectivity index (χ3v) is 4.36. The lowest BCUT2D eigenvalue weighted by Gasteiger charge is -2.17. The molecule has 0 aromatic heterocycles. The molecule has 0 aliphatic carbocycles. The fourth-order valence-corrected chi connectivity index (χ4v) is 2.92. The average molecular weight is 361 g/mol. The van der Waals surface area contributed by atoms with E-state index in [1.165, 1.54) is 0 Å². The number of guanidine groups is 1. The van der Waals surface area contributed by atoms with Crippen LogP contribution in [0.3, 0.4) is 0 Å². The van der Waals surface area contributed by atoms with Crippen LogP contribution in [0.2, 0.25) is 0 Å². The quantitative estimate of drug-likeness (QED) is 0.552. The van der Waals surface area contributed by atoms with Crippen molar-refractivity contribution in [3.8, 4) is 5.75 Å². The van der Waals surface area contributed by atoms with Crippen LogP contribution in [0.25, 0.3) is 0 Å². The van der Waals surface area contributed by atoms with Gasteiger partial charge in [-0.1, -0.05) is 18.2 Å². The van der Waals surface area contributed by atoms with Crippen LogP contribution < -0.4 is 15.4 Å². The Balaban J connectivity index is 1.77. The number of carbonyl (C=O) groups excluding carboxylic acids is 1. The van der Waals surface area contributed by atoms with Gasteiger partial charge in [-0.2, -0.15) is 0 Å². The first-order valence-corrected chi connectivity index (χ1v) is 9.62. The molecule has 6 nitrogen and oxygen atoms in total. The maximum absolute atomic E-state index is 12.1. The van der Waals surface area contributed by atoms with Crippen molar-refractivity contribution >= 4 is 11.9 Å². The van der Waals surface area contributed by atoms with E-state index in [4.69, 9.17) is 4.74 Å². The first-order valence-electron chi connectivity index (χ1n) is 9.62. The molecule has 0 saturated carbocycles. The van der Waals surface area contributed by atoms with Crippen molar-refractivity contribution in [2.24, 2.45) is 4.99 Å². The van der Waals surface area contributed by atoms with Crippen LogP contribution in [-0.2, 0) is 4.79 Å². The van der Waals surface area contributed by atoms with Crippen molar-refractivity contribution in [3.05, 3.63) is 29.8 Å². The van der Waals surface area contributed by atoms with Gasteiger partial charge in [-0.25, -0.2) is 4.99 Å². The van der Waals surface area contributed by atoms with E-state index in [-0.39, 0.29) is 12.0 Å². The summed E-state index contributed by atoms with van der Waals surface area (Å²) >= 11 is 0. The Kier molecular flexibility index (Phi) is 8.25. The second-order valence-electron chi connectivity index (χ2n) is 6.68. The van der Waals surface area contributed by atoms with Gasteiger partial charge >= 0.3 is 0 Å². The molecule has 1 aromatic carbocycles. The molecule has 1 atom stereocenters. The molecule has 1 saturated heterocycles. The Morgan fingerprint density at radius 2 is 2.00 bits per heavy atom. The minimum Gasteiger partial charge on any atom is -0.489 e. The summed E-state index contributed by atoms with van der Waals surface area (Å²) in [6.45, 7) is 9.79. The predicted molar refractivity (Wildman–Crippen MR) is 106 cm³/mol. The van der Waals surface area contributed by atoms with E-state index in [1.54, 1.807) is 0 Å². The minimum atomic E-state index is -0.0298. The maximum Gasteiger partial charge on any atom is 0.224 e. The number of nitrogens with one attached hydrogen (secondary N) is 2. The number of hydrogen-bond donors (Lipinski definition) is 2. The fraction of sp³-hybridized carbons (Fsp3) is 0.600. The van der Waals surface area contributed by atoms with E-state index in [9.17, 15) is 4.79 Å². The molecule has 2 N–H and O–H groups in total. The van der Waals surface area contributed by atoms with Gasteiger partial charge < -0.3 is 20.3 Å². The third-order valence-electron chi connectivity index (χ3n) is 4.36. The zero-order valence-corrected chi connectivity index (χ0v) is 16.3. The van der Waals surface area contributed by atoms with Crippen molar-refractivity contribution in [1.82, 2.24) is 15.5 Å². The van der Waals surface area contributed by atoms with E-state index < -0.39 is 0 Å². The van der Waals surface area contributed by atoms with Crippen molar-refractivity contribution in [2.75, 3.05) is 32.7 Å². The SMILES string of the molecule is CCNC(=NCC(C)Oc1ccccc1C)NCCC(=O)N1CCCC1. The van der Waals surface area contributed by atoms with Crippen molar-refractivity contribution in [2.45, 2.75) is 46.1 Å². The normalized spacial score (nSPS) is 15.7. The molecule has 1 fully saturated rings. The summed E-state index contributed by atoms with van der Waals surface area (Å²) in [4.78, 5) is 18.6. The number of rotatable bonds is 8. The molecule has 1 aromatic rings. The highest BCUT2D eigenvalue weighted by atomic mass is 16.5. The molecule has 26 heavy (non-hydrogen) atoms. The monoisotopic (exact) mass is 360 g/mol. The lowest BCUT2D eigenvalue weighted by molar-refractivity contribution is -0.129. The van der Waals surface area contributed by atoms with Crippen LogP contribution in [0.15, 0.2) is 29.3 Å². The molecule has 1 amide bonds. The number of aryl methyl sites for hydroxylation is 1. The molecule has 0 bridgehead atoms. The summed E-state index contributed by atoms with van der Waals surface area (Å²) in [5.41, 5.74) is 1.12. The van der Waals surface area contributed by atoms with E-state index in [0.29, 0.717) is 19.5 Å². The van der Waals surface area contributed by atoms with E-state index in [1.807, 2.05) is 49.9 Å². The molecule has 1 aliphatic rings. The first-order chi connectivity index (χ1) is 12.6. The zero-order valence-electron chi connectivity index (χ0n) is 16.3. The maximum atomic E-state index is 12.1. The fourth-order valence-electron chi connectivity index (χ4n) is 2.92. The summed E-state index contributed by atoms with van der Waals surface area (Å²) in [6, 6.07) is 7.99.